The Labute approximate surface area is 487 Å². The van der Waals surface area contributed by atoms with Crippen LogP contribution in [0.1, 0.15) is 38.9 Å². The third kappa shape index (κ3) is 9.27. The average Bonchev–Trinajstić information content (AvgIpc) is 1.78. The van der Waals surface area contributed by atoms with Gasteiger partial charge in [-0.3, -0.25) is 0 Å². The number of nitrogens with zero attached hydrogens (tertiary/aromatic N) is 7. The summed E-state index contributed by atoms with van der Waals surface area (Å²) in [5.74, 6) is 0. The van der Waals surface area contributed by atoms with Crippen molar-refractivity contribution < 1.29 is 26.3 Å². The molecule has 0 aliphatic heterocycles. The lowest BCUT2D eigenvalue weighted by atomic mass is 9.90. The normalized spacial score (nSPS) is 11.5. The van der Waals surface area contributed by atoms with Crippen LogP contribution in [0, 0.1) is 56.7 Å². The van der Waals surface area contributed by atoms with E-state index >= 15 is 13.2 Å². The van der Waals surface area contributed by atoms with Gasteiger partial charge >= 0.3 is 12.4 Å². The largest absolute Gasteiger partial charge is 0.417 e. The predicted molar refractivity (Wildman–Crippen MR) is 321 cm³/mol. The maximum Gasteiger partial charge on any atom is 0.417 e. The molecule has 0 aliphatic rings. The highest BCUT2D eigenvalue weighted by Crippen LogP contribution is 2.48. The van der Waals surface area contributed by atoms with Crippen LogP contribution in [0.5, 0.6) is 0 Å². The molecule has 0 saturated carbocycles. The van der Waals surface area contributed by atoms with E-state index in [1.807, 2.05) is 137 Å². The van der Waals surface area contributed by atoms with Crippen LogP contribution >= 0.6 is 0 Å². The van der Waals surface area contributed by atoms with E-state index < -0.39 is 29.0 Å². The van der Waals surface area contributed by atoms with Crippen LogP contribution < -0.4 is 0 Å². The van der Waals surface area contributed by atoms with Gasteiger partial charge in [-0.15, -0.1) is 0 Å². The number of halogens is 6. The second-order valence-corrected chi connectivity index (χ2v) is 20.7. The van der Waals surface area contributed by atoms with Crippen molar-refractivity contribution >= 4 is 43.6 Å². The van der Waals surface area contributed by atoms with Gasteiger partial charge in [0.2, 0.25) is 0 Å². The first-order valence-electron chi connectivity index (χ1n) is 26.8. The summed E-state index contributed by atoms with van der Waals surface area (Å²) < 4.78 is 92.6. The number of nitriles is 5. The van der Waals surface area contributed by atoms with Gasteiger partial charge in [0.25, 0.3) is 0 Å². The molecule has 13 heteroatoms. The van der Waals surface area contributed by atoms with E-state index in [2.05, 4.69) is 30.3 Å². The lowest BCUT2D eigenvalue weighted by molar-refractivity contribution is -0.142. The molecule has 406 valence electrons. The van der Waals surface area contributed by atoms with E-state index in [4.69, 9.17) is 0 Å². The second kappa shape index (κ2) is 20.8. The molecule has 13 rings (SSSR count). The maximum atomic E-state index is 15.3. The number of fused-ring (bicyclic) bond motifs is 6. The topological polar surface area (TPSA) is 129 Å². The summed E-state index contributed by atoms with van der Waals surface area (Å²) in [5.41, 5.74) is 9.27. The van der Waals surface area contributed by atoms with Crippen LogP contribution in [0.15, 0.2) is 224 Å². The van der Waals surface area contributed by atoms with Gasteiger partial charge in [-0.25, -0.2) is 0 Å². The molecule has 2 aromatic heterocycles. The highest BCUT2D eigenvalue weighted by Gasteiger charge is 2.39. The third-order valence-electron chi connectivity index (χ3n) is 15.8. The van der Waals surface area contributed by atoms with Gasteiger partial charge in [-0.05, 0) is 189 Å². The molecular formula is C73H37F6N7. The van der Waals surface area contributed by atoms with Crippen LogP contribution in [0.2, 0.25) is 0 Å². The Kier molecular flexibility index (Phi) is 12.9. The predicted octanol–water partition coefficient (Wildman–Crippen LogP) is 19.3. The van der Waals surface area contributed by atoms with E-state index in [0.717, 1.165) is 72.1 Å². The fourth-order valence-corrected chi connectivity index (χ4v) is 11.6. The molecule has 0 spiro atoms. The molecule has 2 heterocycles. The number of alkyl halides is 6. The number of aromatic nitrogens is 2. The van der Waals surface area contributed by atoms with Crippen molar-refractivity contribution in [1.29, 1.82) is 26.3 Å². The van der Waals surface area contributed by atoms with Gasteiger partial charge in [0.15, 0.2) is 0 Å². The van der Waals surface area contributed by atoms with Gasteiger partial charge < -0.3 is 9.13 Å². The van der Waals surface area contributed by atoms with Gasteiger partial charge in [-0.2, -0.15) is 52.7 Å². The summed E-state index contributed by atoms with van der Waals surface area (Å²) in [5, 5.41) is 53.0. The molecule has 0 aliphatic carbocycles. The summed E-state index contributed by atoms with van der Waals surface area (Å²) in [6.45, 7) is 0. The highest BCUT2D eigenvalue weighted by atomic mass is 19.4. The summed E-state index contributed by atoms with van der Waals surface area (Å²) in [4.78, 5) is 0. The molecule has 0 N–H and O–H groups in total. The van der Waals surface area contributed by atoms with E-state index in [1.54, 1.807) is 66.7 Å². The van der Waals surface area contributed by atoms with Crippen LogP contribution in [0.25, 0.3) is 122 Å². The van der Waals surface area contributed by atoms with E-state index in [1.165, 1.54) is 12.1 Å². The Morgan fingerprint density at radius 3 is 1.00 bits per heavy atom. The molecule has 0 fully saturated rings. The fraction of sp³-hybridized carbons (Fsp3) is 0.0274. The molecule has 0 radical (unpaired) electrons. The summed E-state index contributed by atoms with van der Waals surface area (Å²) in [6, 6.07) is 74.8. The van der Waals surface area contributed by atoms with Crippen LogP contribution in [-0.4, -0.2) is 9.13 Å². The minimum absolute atomic E-state index is 0.0724. The molecule has 0 bridgehead atoms. The molecular weight excluding hydrogens is 1090 g/mol. The first-order chi connectivity index (χ1) is 41.6. The lowest BCUT2D eigenvalue weighted by Gasteiger charge is -2.22. The van der Waals surface area contributed by atoms with Crippen LogP contribution in [0.3, 0.4) is 0 Å². The Morgan fingerprint density at radius 2 is 0.651 bits per heavy atom. The van der Waals surface area contributed by atoms with Crippen LogP contribution in [-0.2, 0) is 12.4 Å². The molecule has 0 unspecified atom stereocenters. The number of rotatable bonds is 8. The Hall–Kier alpha value is -12.0. The zero-order valence-corrected chi connectivity index (χ0v) is 44.8. The zero-order valence-electron chi connectivity index (χ0n) is 44.8. The maximum absolute atomic E-state index is 15.3. The molecule has 11 aromatic carbocycles. The van der Waals surface area contributed by atoms with Gasteiger partial charge in [0, 0.05) is 32.7 Å². The zero-order chi connectivity index (χ0) is 59.6. The molecule has 0 saturated heterocycles. The van der Waals surface area contributed by atoms with Gasteiger partial charge in [-0.1, -0.05) is 91.0 Å². The Balaban J connectivity index is 1.13. The van der Waals surface area contributed by atoms with Gasteiger partial charge in [0.1, 0.15) is 0 Å². The Morgan fingerprint density at radius 1 is 0.291 bits per heavy atom. The summed E-state index contributed by atoms with van der Waals surface area (Å²) in [7, 11) is 0. The van der Waals surface area contributed by atoms with E-state index in [9.17, 15) is 39.5 Å². The van der Waals surface area contributed by atoms with E-state index in [-0.39, 0.29) is 22.8 Å². The molecule has 7 nitrogen and oxygen atoms in total. The number of hydrogen-bond donors (Lipinski definition) is 0. The Bertz CT molecular complexity index is 4940. The minimum atomic E-state index is -5.23. The number of benzene rings is 11. The lowest BCUT2D eigenvalue weighted by Crippen LogP contribution is -2.12. The molecule has 86 heavy (non-hydrogen) atoms. The summed E-state index contributed by atoms with van der Waals surface area (Å²) >= 11 is 0. The fourth-order valence-electron chi connectivity index (χ4n) is 11.6. The quantitative estimate of drug-likeness (QED) is 0.140. The first kappa shape index (κ1) is 53.4. The smallest absolute Gasteiger partial charge is 0.309 e. The molecule has 0 atom stereocenters. The second-order valence-electron chi connectivity index (χ2n) is 20.7. The van der Waals surface area contributed by atoms with Crippen molar-refractivity contribution in [2.75, 3.05) is 0 Å². The van der Waals surface area contributed by atoms with Crippen molar-refractivity contribution in [3.63, 3.8) is 0 Å². The third-order valence-corrected chi connectivity index (χ3v) is 15.8. The molecule has 13 aromatic rings. The first-order valence-corrected chi connectivity index (χ1v) is 26.8. The van der Waals surface area contributed by atoms with Crippen molar-refractivity contribution in [3.8, 4) is 108 Å². The average molecular weight is 1130 g/mol. The number of hydrogen-bond acceptors (Lipinski definition) is 5. The van der Waals surface area contributed by atoms with Crippen LogP contribution in [0.4, 0.5) is 26.3 Å². The standard InChI is InChI=1S/C73H37F6N7/c74-72(75,76)57-25-26-58(64(37-57)73(77,78)79)55-24-31-69(85-65-27-20-51(47-12-4-43(38-80)5-13-47)32-59(65)60-33-52(21-28-66(60)85)48-14-6-44(39-81)7-15-48)63(36-55)71-56(42-84)2-1-3-70(71)86-67-29-22-53(49-16-8-45(40-82)9-17-49)34-61(67)62-35-54(23-30-68(62)86)50-18-10-46(41-83)11-19-50/h1-37H. The SMILES string of the molecule is N#Cc1ccc(-c2ccc3c(c2)c2cc(-c4ccc(C#N)cc4)ccc2n3-c2ccc(-c3ccc(C(F)(F)F)cc3C(F)(F)F)cc2-c2c(C#N)cccc2-n2c3ccc(-c4ccc(C#N)cc4)cc3c3cc(-c4ccc(C#N)cc4)ccc32)cc1. The van der Waals surface area contributed by atoms with E-state index in [0.29, 0.717) is 67.3 Å². The van der Waals surface area contributed by atoms with Gasteiger partial charge in [0.05, 0.1) is 103 Å². The highest BCUT2D eigenvalue weighted by molar-refractivity contribution is 6.14. The van der Waals surface area contributed by atoms with Crippen molar-refractivity contribution in [3.05, 3.63) is 263 Å². The van der Waals surface area contributed by atoms with Crippen molar-refractivity contribution in [2.24, 2.45) is 0 Å². The summed E-state index contributed by atoms with van der Waals surface area (Å²) in [6.07, 6.45) is -10.3. The monoisotopic (exact) mass is 1130 g/mol. The minimum Gasteiger partial charge on any atom is -0.309 e. The molecule has 0 amide bonds. The van der Waals surface area contributed by atoms with Crippen molar-refractivity contribution in [2.45, 2.75) is 12.4 Å². The van der Waals surface area contributed by atoms with Crippen molar-refractivity contribution in [1.82, 2.24) is 9.13 Å².